The average Bonchev–Trinajstić information content (AvgIpc) is 3.32. The largest absolute Gasteiger partial charge is 0.416 e. The van der Waals surface area contributed by atoms with Crippen molar-refractivity contribution in [3.05, 3.63) is 65.2 Å². The number of H-pyrrole nitrogens is 1. The first kappa shape index (κ1) is 26.9. The Morgan fingerprint density at radius 3 is 2.58 bits per heavy atom. The number of urea groups is 1. The molecule has 1 aliphatic heterocycles. The van der Waals surface area contributed by atoms with Gasteiger partial charge in [-0.25, -0.2) is 4.79 Å². The number of carbonyl (C=O) groups excluding carboxylic acids is 2. The summed E-state index contributed by atoms with van der Waals surface area (Å²) < 4.78 is 44.5. The Hall–Kier alpha value is -4.10. The molecule has 10 nitrogen and oxygen atoms in total. The summed E-state index contributed by atoms with van der Waals surface area (Å²) >= 11 is 0. The highest BCUT2D eigenvalue weighted by Gasteiger charge is 2.31. The van der Waals surface area contributed by atoms with Crippen LogP contribution < -0.4 is 21.3 Å². The number of nitrogens with two attached hydrogens (primary N) is 1. The van der Waals surface area contributed by atoms with Gasteiger partial charge in [0.15, 0.2) is 5.82 Å². The normalized spacial score (nSPS) is 14.2. The van der Waals surface area contributed by atoms with Gasteiger partial charge in [0.05, 0.1) is 18.8 Å². The summed E-state index contributed by atoms with van der Waals surface area (Å²) in [5, 5.41) is 12.2. The van der Waals surface area contributed by atoms with E-state index in [0.717, 1.165) is 25.2 Å². The SMILES string of the molecule is Cc1ccc(NC(=O)c2cccc(C(F)(F)F)c2)cc1NC(=O)N(CCN1CCOCC1)c1cc(N)[nH]n1. The number of morpholine rings is 1. The van der Waals surface area contributed by atoms with Gasteiger partial charge in [0.1, 0.15) is 5.82 Å². The van der Waals surface area contributed by atoms with Gasteiger partial charge in [-0.3, -0.25) is 19.7 Å². The molecule has 0 unspecified atom stereocenters. The van der Waals surface area contributed by atoms with E-state index in [1.807, 2.05) is 0 Å². The molecule has 38 heavy (non-hydrogen) atoms. The first-order chi connectivity index (χ1) is 18.1. The molecule has 2 aromatic carbocycles. The summed E-state index contributed by atoms with van der Waals surface area (Å²) in [7, 11) is 0. The number of anilines is 4. The molecule has 3 amide bonds. The first-order valence-electron chi connectivity index (χ1n) is 11.9. The van der Waals surface area contributed by atoms with E-state index in [1.165, 1.54) is 23.1 Å². The molecule has 1 aliphatic rings. The fraction of sp³-hybridized carbons (Fsp3) is 0.320. The highest BCUT2D eigenvalue weighted by molar-refractivity contribution is 6.05. The number of nitrogens with zero attached hydrogens (tertiary/aromatic N) is 3. The summed E-state index contributed by atoms with van der Waals surface area (Å²) in [4.78, 5) is 29.6. The number of aromatic nitrogens is 2. The van der Waals surface area contributed by atoms with E-state index < -0.39 is 23.7 Å². The van der Waals surface area contributed by atoms with Crippen LogP contribution in [0.4, 0.5) is 41.0 Å². The number of ether oxygens (including phenoxy) is 1. The highest BCUT2D eigenvalue weighted by Crippen LogP contribution is 2.30. The molecule has 0 spiro atoms. The van der Waals surface area contributed by atoms with Crippen molar-refractivity contribution in [1.82, 2.24) is 15.1 Å². The van der Waals surface area contributed by atoms with Crippen molar-refractivity contribution in [2.75, 3.05) is 60.7 Å². The number of halogens is 3. The Bertz CT molecular complexity index is 1290. The van der Waals surface area contributed by atoms with Gasteiger partial charge in [-0.05, 0) is 42.8 Å². The molecule has 2 heterocycles. The van der Waals surface area contributed by atoms with E-state index in [2.05, 4.69) is 25.7 Å². The van der Waals surface area contributed by atoms with Crippen molar-refractivity contribution in [2.45, 2.75) is 13.1 Å². The number of aryl methyl sites for hydroxylation is 1. The van der Waals surface area contributed by atoms with Crippen LogP contribution in [-0.2, 0) is 10.9 Å². The number of carbonyl (C=O) groups is 2. The summed E-state index contributed by atoms with van der Waals surface area (Å²) in [6.45, 7) is 5.46. The second kappa shape index (κ2) is 11.5. The minimum Gasteiger partial charge on any atom is -0.384 e. The van der Waals surface area contributed by atoms with E-state index in [1.54, 1.807) is 25.1 Å². The standard InChI is InChI=1S/C25H28F3N7O3/c1-16-5-6-19(30-23(36)17-3-2-4-18(13-17)25(26,27)28)14-20(16)31-24(37)35(22-15-21(29)32-33-22)8-7-34-9-11-38-12-10-34/h2-6,13-15H,7-12H2,1H3,(H,30,36)(H,31,37)(H3,29,32,33). The molecule has 13 heteroatoms. The van der Waals surface area contributed by atoms with Crippen molar-refractivity contribution < 1.29 is 27.5 Å². The van der Waals surface area contributed by atoms with Crippen LogP contribution >= 0.6 is 0 Å². The summed E-state index contributed by atoms with van der Waals surface area (Å²) in [5.41, 5.74) is 6.14. The van der Waals surface area contributed by atoms with Crippen molar-refractivity contribution in [3.63, 3.8) is 0 Å². The van der Waals surface area contributed by atoms with E-state index in [9.17, 15) is 22.8 Å². The number of amides is 3. The molecule has 1 saturated heterocycles. The molecular formula is C25H28F3N7O3. The Labute approximate surface area is 216 Å². The molecule has 3 aromatic rings. The van der Waals surface area contributed by atoms with Crippen LogP contribution in [-0.4, -0.2) is 66.4 Å². The number of rotatable bonds is 7. The van der Waals surface area contributed by atoms with Gasteiger partial charge in [0.25, 0.3) is 5.91 Å². The van der Waals surface area contributed by atoms with E-state index in [0.29, 0.717) is 54.9 Å². The molecule has 0 atom stereocenters. The van der Waals surface area contributed by atoms with Crippen LogP contribution in [0.1, 0.15) is 21.5 Å². The number of aromatic amines is 1. The number of hydrogen-bond acceptors (Lipinski definition) is 6. The second-order valence-corrected chi connectivity index (χ2v) is 8.78. The predicted molar refractivity (Wildman–Crippen MR) is 137 cm³/mol. The van der Waals surface area contributed by atoms with Crippen molar-refractivity contribution in [3.8, 4) is 0 Å². The number of hydrogen-bond donors (Lipinski definition) is 4. The van der Waals surface area contributed by atoms with Gasteiger partial charge in [0, 0.05) is 49.2 Å². The zero-order valence-corrected chi connectivity index (χ0v) is 20.6. The smallest absolute Gasteiger partial charge is 0.384 e. The van der Waals surface area contributed by atoms with E-state index >= 15 is 0 Å². The number of alkyl halides is 3. The number of nitrogens with one attached hydrogen (secondary N) is 3. The zero-order valence-electron chi connectivity index (χ0n) is 20.6. The lowest BCUT2D eigenvalue weighted by molar-refractivity contribution is -0.137. The molecule has 1 fully saturated rings. The fourth-order valence-electron chi connectivity index (χ4n) is 3.91. The van der Waals surface area contributed by atoms with Crippen LogP contribution in [0.3, 0.4) is 0 Å². The minimum absolute atomic E-state index is 0.142. The monoisotopic (exact) mass is 531 g/mol. The fourth-order valence-corrected chi connectivity index (χ4v) is 3.91. The van der Waals surface area contributed by atoms with Crippen LogP contribution in [0.15, 0.2) is 48.5 Å². The molecular weight excluding hydrogens is 503 g/mol. The highest BCUT2D eigenvalue weighted by atomic mass is 19.4. The topological polar surface area (TPSA) is 129 Å². The third-order valence-corrected chi connectivity index (χ3v) is 6.04. The average molecular weight is 532 g/mol. The van der Waals surface area contributed by atoms with Gasteiger partial charge in [0.2, 0.25) is 0 Å². The lowest BCUT2D eigenvalue weighted by Gasteiger charge is -2.29. The van der Waals surface area contributed by atoms with Gasteiger partial charge in [-0.1, -0.05) is 12.1 Å². The Morgan fingerprint density at radius 2 is 1.89 bits per heavy atom. The quantitative estimate of drug-likeness (QED) is 0.366. The lowest BCUT2D eigenvalue weighted by atomic mass is 10.1. The Morgan fingerprint density at radius 1 is 1.13 bits per heavy atom. The molecule has 0 radical (unpaired) electrons. The van der Waals surface area contributed by atoms with Crippen LogP contribution in [0.2, 0.25) is 0 Å². The maximum atomic E-state index is 13.3. The molecule has 0 saturated carbocycles. The van der Waals surface area contributed by atoms with E-state index in [-0.39, 0.29) is 5.56 Å². The second-order valence-electron chi connectivity index (χ2n) is 8.78. The molecule has 4 rings (SSSR count). The molecule has 5 N–H and O–H groups in total. The van der Waals surface area contributed by atoms with Crippen molar-refractivity contribution >= 4 is 34.9 Å². The third-order valence-electron chi connectivity index (χ3n) is 6.04. The summed E-state index contributed by atoms with van der Waals surface area (Å²) in [5.74, 6) is -0.0593. The van der Waals surface area contributed by atoms with E-state index in [4.69, 9.17) is 10.5 Å². The predicted octanol–water partition coefficient (Wildman–Crippen LogP) is 3.94. The maximum Gasteiger partial charge on any atom is 0.416 e. The Balaban J connectivity index is 1.48. The van der Waals surface area contributed by atoms with Crippen LogP contribution in [0, 0.1) is 6.92 Å². The lowest BCUT2D eigenvalue weighted by Crippen LogP contribution is -2.44. The molecule has 202 valence electrons. The van der Waals surface area contributed by atoms with Crippen molar-refractivity contribution in [1.29, 1.82) is 0 Å². The summed E-state index contributed by atoms with van der Waals surface area (Å²) in [6.07, 6.45) is -4.57. The van der Waals surface area contributed by atoms with Gasteiger partial charge < -0.3 is 21.1 Å². The maximum absolute atomic E-state index is 13.3. The molecule has 0 bridgehead atoms. The third kappa shape index (κ3) is 6.81. The van der Waals surface area contributed by atoms with Crippen LogP contribution in [0.25, 0.3) is 0 Å². The summed E-state index contributed by atoms with van der Waals surface area (Å²) in [6, 6.07) is 10.1. The van der Waals surface area contributed by atoms with Gasteiger partial charge >= 0.3 is 12.2 Å². The number of benzene rings is 2. The van der Waals surface area contributed by atoms with Crippen molar-refractivity contribution in [2.24, 2.45) is 0 Å². The van der Waals surface area contributed by atoms with Gasteiger partial charge in [-0.15, -0.1) is 0 Å². The first-order valence-corrected chi connectivity index (χ1v) is 11.9. The van der Waals surface area contributed by atoms with Gasteiger partial charge in [-0.2, -0.15) is 18.3 Å². The molecule has 1 aromatic heterocycles. The zero-order chi connectivity index (χ0) is 27.3. The van der Waals surface area contributed by atoms with Crippen LogP contribution in [0.5, 0.6) is 0 Å². The minimum atomic E-state index is -4.57. The molecule has 0 aliphatic carbocycles. The Kier molecular flexibility index (Phi) is 8.17. The number of nitrogen functional groups attached to an aromatic ring is 1.